The number of carbonyl (C=O) groups excluding carboxylic acids is 1. The summed E-state index contributed by atoms with van der Waals surface area (Å²) in [6.45, 7) is 9.98. The van der Waals surface area contributed by atoms with Crippen LogP contribution in [0.15, 0.2) is 12.7 Å². The van der Waals surface area contributed by atoms with E-state index in [1.165, 1.54) is 0 Å². The van der Waals surface area contributed by atoms with Crippen LogP contribution >= 0.6 is 0 Å². The summed E-state index contributed by atoms with van der Waals surface area (Å²) in [6.07, 6.45) is 7.78. The maximum Gasteiger partial charge on any atom is 0.410 e. The molecule has 2 atom stereocenters. The van der Waals surface area contributed by atoms with Gasteiger partial charge in [-0.25, -0.2) is 4.79 Å². The van der Waals surface area contributed by atoms with Crippen LogP contribution in [0.1, 0.15) is 65.7 Å². The van der Waals surface area contributed by atoms with Crippen LogP contribution in [0, 0.1) is 0 Å². The van der Waals surface area contributed by atoms with E-state index in [1.807, 2.05) is 26.8 Å². The van der Waals surface area contributed by atoms with Gasteiger partial charge < -0.3 is 14.7 Å². The SMILES string of the molecule is C=CCCCCN(C(=O)OC(C)(C)C)[C@H]1CCCC[C@@H]1O. The van der Waals surface area contributed by atoms with Crippen LogP contribution in [0.5, 0.6) is 0 Å². The second-order valence-electron chi connectivity index (χ2n) is 6.88. The van der Waals surface area contributed by atoms with Crippen molar-refractivity contribution in [2.75, 3.05) is 6.54 Å². The number of nitrogens with zero attached hydrogens (tertiary/aromatic N) is 1. The third-order valence-electron chi connectivity index (χ3n) is 3.78. The molecule has 0 saturated heterocycles. The zero-order valence-corrected chi connectivity index (χ0v) is 13.8. The van der Waals surface area contributed by atoms with Crippen molar-refractivity contribution in [1.29, 1.82) is 0 Å². The highest BCUT2D eigenvalue weighted by molar-refractivity contribution is 5.68. The molecule has 4 heteroatoms. The lowest BCUT2D eigenvalue weighted by Crippen LogP contribution is -2.50. The number of rotatable bonds is 6. The van der Waals surface area contributed by atoms with Gasteiger partial charge in [-0.3, -0.25) is 0 Å². The first kappa shape index (κ1) is 18.0. The van der Waals surface area contributed by atoms with Crippen molar-refractivity contribution in [2.45, 2.75) is 83.5 Å². The van der Waals surface area contributed by atoms with Crippen LogP contribution in [0.3, 0.4) is 0 Å². The molecule has 0 heterocycles. The Hall–Kier alpha value is -1.03. The van der Waals surface area contributed by atoms with Crippen molar-refractivity contribution in [2.24, 2.45) is 0 Å². The van der Waals surface area contributed by atoms with Crippen molar-refractivity contribution >= 4 is 6.09 Å². The Morgan fingerprint density at radius 1 is 1.33 bits per heavy atom. The molecule has 1 aliphatic rings. The Morgan fingerprint density at radius 3 is 2.57 bits per heavy atom. The van der Waals surface area contributed by atoms with Gasteiger partial charge in [-0.1, -0.05) is 18.9 Å². The quantitative estimate of drug-likeness (QED) is 0.598. The lowest BCUT2D eigenvalue weighted by atomic mass is 9.91. The molecule has 1 aliphatic carbocycles. The molecule has 0 aliphatic heterocycles. The van der Waals surface area contributed by atoms with Crippen LogP contribution in [0.25, 0.3) is 0 Å². The Labute approximate surface area is 129 Å². The molecular weight excluding hydrogens is 266 g/mol. The highest BCUT2D eigenvalue weighted by Crippen LogP contribution is 2.25. The summed E-state index contributed by atoms with van der Waals surface area (Å²) in [6, 6.07) is -0.0997. The fourth-order valence-electron chi connectivity index (χ4n) is 2.74. The number of hydrogen-bond acceptors (Lipinski definition) is 3. The smallest absolute Gasteiger partial charge is 0.410 e. The number of allylic oxidation sites excluding steroid dienone is 1. The van der Waals surface area contributed by atoms with E-state index in [9.17, 15) is 9.90 Å². The number of aliphatic hydroxyl groups excluding tert-OH is 1. The average Bonchev–Trinajstić information content (AvgIpc) is 2.38. The first-order valence-electron chi connectivity index (χ1n) is 8.13. The predicted octanol–water partition coefficient (Wildman–Crippen LogP) is 3.88. The number of aliphatic hydroxyl groups is 1. The van der Waals surface area contributed by atoms with E-state index in [4.69, 9.17) is 4.74 Å². The van der Waals surface area contributed by atoms with E-state index < -0.39 is 11.7 Å². The molecule has 1 fully saturated rings. The van der Waals surface area contributed by atoms with Crippen molar-refractivity contribution in [3.63, 3.8) is 0 Å². The minimum atomic E-state index is -0.504. The number of ether oxygens (including phenoxy) is 1. The van der Waals surface area contributed by atoms with Gasteiger partial charge in [0.25, 0.3) is 0 Å². The summed E-state index contributed by atoms with van der Waals surface area (Å²) in [7, 11) is 0. The van der Waals surface area contributed by atoms with Gasteiger partial charge in [-0.05, 0) is 52.9 Å². The first-order chi connectivity index (χ1) is 9.85. The van der Waals surface area contributed by atoms with Gasteiger partial charge in [-0.2, -0.15) is 0 Å². The lowest BCUT2D eigenvalue weighted by Gasteiger charge is -2.38. The van der Waals surface area contributed by atoms with E-state index in [-0.39, 0.29) is 12.1 Å². The van der Waals surface area contributed by atoms with Gasteiger partial charge in [0.15, 0.2) is 0 Å². The molecule has 0 aromatic rings. The Balaban J connectivity index is 2.68. The molecule has 0 aromatic heterocycles. The average molecular weight is 297 g/mol. The second-order valence-corrected chi connectivity index (χ2v) is 6.88. The number of carbonyl (C=O) groups is 1. The third-order valence-corrected chi connectivity index (χ3v) is 3.78. The van der Waals surface area contributed by atoms with E-state index in [0.717, 1.165) is 44.9 Å². The van der Waals surface area contributed by atoms with Crippen LogP contribution < -0.4 is 0 Å². The molecule has 1 saturated carbocycles. The summed E-state index contributed by atoms with van der Waals surface area (Å²) in [5.74, 6) is 0. The van der Waals surface area contributed by atoms with Gasteiger partial charge in [0, 0.05) is 6.54 Å². The normalized spacial score (nSPS) is 22.7. The van der Waals surface area contributed by atoms with Crippen LogP contribution in [-0.4, -0.2) is 40.4 Å². The fourth-order valence-corrected chi connectivity index (χ4v) is 2.74. The minimum Gasteiger partial charge on any atom is -0.444 e. The molecule has 0 radical (unpaired) electrons. The number of hydrogen-bond donors (Lipinski definition) is 1. The van der Waals surface area contributed by atoms with E-state index >= 15 is 0 Å². The number of amides is 1. The summed E-state index contributed by atoms with van der Waals surface area (Å²) < 4.78 is 5.51. The molecule has 1 amide bonds. The number of unbranched alkanes of at least 4 members (excludes halogenated alkanes) is 2. The Bertz CT molecular complexity index is 335. The second kappa shape index (κ2) is 8.42. The van der Waals surface area contributed by atoms with Gasteiger partial charge in [0.2, 0.25) is 0 Å². The zero-order chi connectivity index (χ0) is 15.9. The van der Waals surface area contributed by atoms with Crippen molar-refractivity contribution < 1.29 is 14.6 Å². The van der Waals surface area contributed by atoms with E-state index in [2.05, 4.69) is 6.58 Å². The molecule has 1 rings (SSSR count). The zero-order valence-electron chi connectivity index (χ0n) is 13.8. The molecular formula is C17H31NO3. The van der Waals surface area contributed by atoms with E-state index in [0.29, 0.717) is 6.54 Å². The predicted molar refractivity (Wildman–Crippen MR) is 85.3 cm³/mol. The molecule has 0 spiro atoms. The van der Waals surface area contributed by atoms with Gasteiger partial charge >= 0.3 is 6.09 Å². The standard InChI is InChI=1S/C17H31NO3/c1-5-6-7-10-13-18(16(20)21-17(2,3)4)14-11-8-9-12-15(14)19/h5,14-15,19H,1,6-13H2,2-4H3/t14-,15-/m0/s1. The summed E-state index contributed by atoms with van der Waals surface area (Å²) in [5, 5.41) is 10.2. The van der Waals surface area contributed by atoms with E-state index in [1.54, 1.807) is 4.90 Å². The Morgan fingerprint density at radius 2 is 2.00 bits per heavy atom. The maximum atomic E-state index is 12.4. The topological polar surface area (TPSA) is 49.8 Å². The van der Waals surface area contributed by atoms with Gasteiger partial charge in [-0.15, -0.1) is 6.58 Å². The Kier molecular flexibility index (Phi) is 7.23. The molecule has 122 valence electrons. The van der Waals surface area contributed by atoms with Crippen LogP contribution in [0.4, 0.5) is 4.79 Å². The van der Waals surface area contributed by atoms with Crippen LogP contribution in [-0.2, 0) is 4.74 Å². The monoisotopic (exact) mass is 297 g/mol. The molecule has 4 nitrogen and oxygen atoms in total. The van der Waals surface area contributed by atoms with Crippen molar-refractivity contribution in [1.82, 2.24) is 4.90 Å². The highest BCUT2D eigenvalue weighted by atomic mass is 16.6. The van der Waals surface area contributed by atoms with Gasteiger partial charge in [0.1, 0.15) is 5.60 Å². The molecule has 0 bridgehead atoms. The molecule has 0 aromatic carbocycles. The summed E-state index contributed by atoms with van der Waals surface area (Å²) in [4.78, 5) is 14.2. The largest absolute Gasteiger partial charge is 0.444 e. The highest BCUT2D eigenvalue weighted by Gasteiger charge is 2.33. The fraction of sp³-hybridized carbons (Fsp3) is 0.824. The third kappa shape index (κ3) is 6.51. The summed E-state index contributed by atoms with van der Waals surface area (Å²) in [5.41, 5.74) is -0.504. The maximum absolute atomic E-state index is 12.4. The minimum absolute atomic E-state index is 0.0997. The molecule has 21 heavy (non-hydrogen) atoms. The van der Waals surface area contributed by atoms with Crippen molar-refractivity contribution in [3.05, 3.63) is 12.7 Å². The lowest BCUT2D eigenvalue weighted by molar-refractivity contribution is -0.0172. The summed E-state index contributed by atoms with van der Waals surface area (Å²) >= 11 is 0. The van der Waals surface area contributed by atoms with Crippen molar-refractivity contribution in [3.8, 4) is 0 Å². The molecule has 1 N–H and O–H groups in total. The van der Waals surface area contributed by atoms with Crippen LogP contribution in [0.2, 0.25) is 0 Å². The first-order valence-corrected chi connectivity index (χ1v) is 8.13. The molecule has 0 unspecified atom stereocenters. The van der Waals surface area contributed by atoms with Gasteiger partial charge in [0.05, 0.1) is 12.1 Å².